The van der Waals surface area contributed by atoms with Crippen molar-refractivity contribution in [3.05, 3.63) is 6.20 Å². The van der Waals surface area contributed by atoms with Crippen LogP contribution >= 0.6 is 0 Å². The number of nitrogens with zero attached hydrogens (tertiary/aromatic N) is 4. The molecule has 1 aliphatic carbocycles. The Labute approximate surface area is 132 Å². The molecule has 2 amide bonds. The first-order chi connectivity index (χ1) is 10.7. The maximum absolute atomic E-state index is 12.3. The second-order valence-electron chi connectivity index (χ2n) is 6.84. The molecule has 122 valence electrons. The van der Waals surface area contributed by atoms with Crippen LogP contribution in [0.1, 0.15) is 51.4 Å². The van der Waals surface area contributed by atoms with E-state index in [2.05, 4.69) is 15.6 Å². The summed E-state index contributed by atoms with van der Waals surface area (Å²) in [5, 5.41) is 10.5. The predicted molar refractivity (Wildman–Crippen MR) is 85.5 cm³/mol. The van der Waals surface area contributed by atoms with Crippen LogP contribution in [0, 0.1) is 11.8 Å². The van der Waals surface area contributed by atoms with Gasteiger partial charge in [0.15, 0.2) is 5.82 Å². The Bertz CT molecular complexity index is 486. The lowest BCUT2D eigenvalue weighted by Crippen LogP contribution is -2.41. The number of nitrogens with one attached hydrogen (secondary N) is 1. The molecule has 0 radical (unpaired) electrons. The number of anilines is 1. The molecular weight excluding hydrogens is 278 g/mol. The Morgan fingerprint density at radius 2 is 1.86 bits per heavy atom. The second kappa shape index (κ2) is 7.11. The minimum Gasteiger partial charge on any atom is -0.324 e. The van der Waals surface area contributed by atoms with Gasteiger partial charge in [0.1, 0.15) is 0 Å². The van der Waals surface area contributed by atoms with Crippen LogP contribution in [0.3, 0.4) is 0 Å². The summed E-state index contributed by atoms with van der Waals surface area (Å²) >= 11 is 0. The molecule has 1 saturated carbocycles. The first-order valence-corrected chi connectivity index (χ1v) is 8.63. The lowest BCUT2D eigenvalue weighted by atomic mass is 9.80. The monoisotopic (exact) mass is 305 g/mol. The largest absolute Gasteiger partial charge is 0.324 e. The lowest BCUT2D eigenvalue weighted by Gasteiger charge is -2.34. The Morgan fingerprint density at radius 1 is 1.18 bits per heavy atom. The van der Waals surface area contributed by atoms with Crippen LogP contribution in [0.4, 0.5) is 10.6 Å². The maximum atomic E-state index is 12.3. The third-order valence-electron chi connectivity index (χ3n) is 5.24. The number of hydrogen-bond donors (Lipinski definition) is 1. The lowest BCUT2D eigenvalue weighted by molar-refractivity contribution is 0.166. The Balaban J connectivity index is 1.43. The van der Waals surface area contributed by atoms with Gasteiger partial charge in [-0.1, -0.05) is 37.3 Å². The summed E-state index contributed by atoms with van der Waals surface area (Å²) in [6.07, 6.45) is 12.4. The molecule has 6 nitrogen and oxygen atoms in total. The van der Waals surface area contributed by atoms with Crippen molar-refractivity contribution in [3.63, 3.8) is 0 Å². The van der Waals surface area contributed by atoms with Gasteiger partial charge in [0.25, 0.3) is 0 Å². The predicted octanol–water partition coefficient (Wildman–Crippen LogP) is 3.03. The summed E-state index contributed by atoms with van der Waals surface area (Å²) in [6, 6.07) is -0.0264. The van der Waals surface area contributed by atoms with Crippen molar-refractivity contribution in [1.29, 1.82) is 0 Å². The van der Waals surface area contributed by atoms with E-state index in [1.165, 1.54) is 38.5 Å². The molecule has 1 aromatic rings. The number of aromatic nitrogens is 3. The first-order valence-electron chi connectivity index (χ1n) is 8.63. The van der Waals surface area contributed by atoms with Gasteiger partial charge < -0.3 is 4.90 Å². The maximum Gasteiger partial charge on any atom is 0.323 e. The van der Waals surface area contributed by atoms with Crippen molar-refractivity contribution in [1.82, 2.24) is 19.9 Å². The van der Waals surface area contributed by atoms with Crippen LogP contribution in [-0.2, 0) is 7.05 Å². The van der Waals surface area contributed by atoms with Gasteiger partial charge in [0.2, 0.25) is 0 Å². The number of aryl methyl sites for hydroxylation is 1. The van der Waals surface area contributed by atoms with Crippen molar-refractivity contribution in [2.45, 2.75) is 51.4 Å². The molecule has 2 aliphatic rings. The first kappa shape index (κ1) is 15.3. The summed E-state index contributed by atoms with van der Waals surface area (Å²) in [6.45, 7) is 1.74. The minimum atomic E-state index is -0.0264. The fourth-order valence-electron chi connectivity index (χ4n) is 3.86. The van der Waals surface area contributed by atoms with Gasteiger partial charge in [-0.05, 0) is 31.1 Å². The molecule has 1 aliphatic heterocycles. The highest BCUT2D eigenvalue weighted by molar-refractivity contribution is 5.88. The summed E-state index contributed by atoms with van der Waals surface area (Å²) in [4.78, 5) is 14.2. The molecule has 1 N–H and O–H groups in total. The number of urea groups is 1. The molecule has 22 heavy (non-hydrogen) atoms. The van der Waals surface area contributed by atoms with Gasteiger partial charge in [-0.2, -0.15) is 0 Å². The van der Waals surface area contributed by atoms with Crippen molar-refractivity contribution < 1.29 is 4.79 Å². The summed E-state index contributed by atoms with van der Waals surface area (Å²) < 4.78 is 1.58. The van der Waals surface area contributed by atoms with E-state index in [0.29, 0.717) is 5.82 Å². The number of amides is 2. The number of rotatable bonds is 3. The fourth-order valence-corrected chi connectivity index (χ4v) is 3.86. The second-order valence-corrected chi connectivity index (χ2v) is 6.84. The van der Waals surface area contributed by atoms with Crippen molar-refractivity contribution >= 4 is 11.8 Å². The summed E-state index contributed by atoms with van der Waals surface area (Å²) in [7, 11) is 1.78. The third-order valence-corrected chi connectivity index (χ3v) is 5.24. The van der Waals surface area contributed by atoms with E-state index < -0.39 is 0 Å². The fraction of sp³-hybridized carbons (Fsp3) is 0.812. The minimum absolute atomic E-state index is 0.0264. The zero-order valence-electron chi connectivity index (χ0n) is 13.5. The van der Waals surface area contributed by atoms with E-state index in [9.17, 15) is 4.79 Å². The van der Waals surface area contributed by atoms with Gasteiger partial charge >= 0.3 is 6.03 Å². The molecule has 0 bridgehead atoms. The summed E-state index contributed by atoms with van der Waals surface area (Å²) in [5.41, 5.74) is 0. The van der Waals surface area contributed by atoms with E-state index >= 15 is 0 Å². The molecule has 2 heterocycles. The number of piperidine rings is 1. The number of hydrogen-bond acceptors (Lipinski definition) is 3. The molecule has 0 spiro atoms. The van der Waals surface area contributed by atoms with E-state index in [1.54, 1.807) is 17.9 Å². The molecule has 0 atom stereocenters. The van der Waals surface area contributed by atoms with Crippen LogP contribution in [0.15, 0.2) is 6.20 Å². The van der Waals surface area contributed by atoms with Crippen molar-refractivity contribution in [3.8, 4) is 0 Å². The normalized spacial score (nSPS) is 21.0. The Morgan fingerprint density at radius 3 is 2.50 bits per heavy atom. The van der Waals surface area contributed by atoms with Gasteiger partial charge in [0.05, 0.1) is 6.20 Å². The SMILES string of the molecule is Cn1nncc1NC(=O)N1CCC(CC2CCCCC2)CC1. The molecule has 1 aromatic heterocycles. The third kappa shape index (κ3) is 3.78. The van der Waals surface area contributed by atoms with Gasteiger partial charge in [0, 0.05) is 20.1 Å². The molecule has 3 rings (SSSR count). The highest BCUT2D eigenvalue weighted by Gasteiger charge is 2.26. The smallest absolute Gasteiger partial charge is 0.323 e. The Kier molecular flexibility index (Phi) is 4.95. The Hall–Kier alpha value is -1.59. The van der Waals surface area contributed by atoms with Gasteiger partial charge in [-0.15, -0.1) is 5.10 Å². The quantitative estimate of drug-likeness (QED) is 0.933. The van der Waals surface area contributed by atoms with Crippen LogP contribution < -0.4 is 5.32 Å². The van der Waals surface area contributed by atoms with Crippen LogP contribution in [-0.4, -0.2) is 39.0 Å². The highest BCUT2D eigenvalue weighted by atomic mass is 16.2. The van der Waals surface area contributed by atoms with E-state index in [0.717, 1.165) is 37.8 Å². The van der Waals surface area contributed by atoms with Gasteiger partial charge in [-0.25, -0.2) is 9.48 Å². The molecular formula is C16H27N5O. The van der Waals surface area contributed by atoms with Crippen LogP contribution in [0.2, 0.25) is 0 Å². The van der Waals surface area contributed by atoms with E-state index in [-0.39, 0.29) is 6.03 Å². The summed E-state index contributed by atoms with van der Waals surface area (Å²) in [5.74, 6) is 2.40. The van der Waals surface area contributed by atoms with Crippen molar-refractivity contribution in [2.75, 3.05) is 18.4 Å². The zero-order valence-corrected chi connectivity index (χ0v) is 13.5. The average molecular weight is 305 g/mol. The molecule has 0 aromatic carbocycles. The molecule has 0 unspecified atom stereocenters. The number of carbonyl (C=O) groups excluding carboxylic acids is 1. The standard InChI is InChI=1S/C16H27N5O/c1-20-15(12-17-19-20)18-16(22)21-9-7-14(8-10-21)11-13-5-3-2-4-6-13/h12-14H,2-11H2,1H3,(H,18,22). The molecule has 6 heteroatoms. The average Bonchev–Trinajstić information content (AvgIpc) is 2.94. The van der Waals surface area contributed by atoms with Crippen LogP contribution in [0.25, 0.3) is 0 Å². The zero-order chi connectivity index (χ0) is 15.4. The molecule has 1 saturated heterocycles. The highest BCUT2D eigenvalue weighted by Crippen LogP contribution is 2.32. The molecule has 2 fully saturated rings. The number of likely N-dealkylation sites (tertiary alicyclic amines) is 1. The van der Waals surface area contributed by atoms with E-state index in [4.69, 9.17) is 0 Å². The number of carbonyl (C=O) groups is 1. The topological polar surface area (TPSA) is 63.1 Å². The van der Waals surface area contributed by atoms with Crippen molar-refractivity contribution in [2.24, 2.45) is 18.9 Å². The van der Waals surface area contributed by atoms with Crippen LogP contribution in [0.5, 0.6) is 0 Å². The van der Waals surface area contributed by atoms with Gasteiger partial charge in [-0.3, -0.25) is 5.32 Å². The van der Waals surface area contributed by atoms with E-state index in [1.807, 2.05) is 4.90 Å².